The van der Waals surface area contributed by atoms with Crippen LogP contribution >= 0.6 is 0 Å². The average molecular weight is 306 g/mol. The van der Waals surface area contributed by atoms with Crippen molar-refractivity contribution in [3.63, 3.8) is 0 Å². The lowest BCUT2D eigenvalue weighted by atomic mass is 9.53. The third kappa shape index (κ3) is 1.44. The minimum Gasteiger partial charge on any atom is -0.289 e. The summed E-state index contributed by atoms with van der Waals surface area (Å²) >= 11 is 0. The molecule has 0 N–H and O–H groups in total. The number of hydrogen-bond donors (Lipinski definition) is 0. The van der Waals surface area contributed by atoms with Gasteiger partial charge in [0.1, 0.15) is 5.41 Å². The molecule has 3 aliphatic rings. The van der Waals surface area contributed by atoms with E-state index in [1.807, 2.05) is 0 Å². The number of hydrogen-bond acceptors (Lipinski definition) is 1. The van der Waals surface area contributed by atoms with Crippen LogP contribution in [0.1, 0.15) is 39.3 Å². The molecule has 2 bridgehead atoms. The van der Waals surface area contributed by atoms with E-state index in [9.17, 15) is 4.79 Å². The van der Waals surface area contributed by atoms with Gasteiger partial charge in [0.25, 0.3) is 0 Å². The Bertz CT molecular complexity index is 933. The summed E-state index contributed by atoms with van der Waals surface area (Å²) in [4.78, 5) is 11.1. The Hall–Kier alpha value is -3.11. The fourth-order valence-corrected chi connectivity index (χ4v) is 4.55. The van der Waals surface area contributed by atoms with Crippen molar-refractivity contribution in [2.24, 2.45) is 0 Å². The lowest BCUT2D eigenvalue weighted by Gasteiger charge is -2.48. The fraction of sp³-hybridized carbons (Fsp3) is 0.0870. The molecule has 1 heteroatoms. The van der Waals surface area contributed by atoms with Gasteiger partial charge in [-0.25, -0.2) is 0 Å². The maximum atomic E-state index is 11.1. The van der Waals surface area contributed by atoms with Crippen LogP contribution in [0.5, 0.6) is 0 Å². The van der Waals surface area contributed by atoms with E-state index >= 15 is 0 Å². The summed E-state index contributed by atoms with van der Waals surface area (Å²) in [6.07, 6.45) is 0.698. The molecule has 6 rings (SSSR count). The Morgan fingerprint density at radius 1 is 0.708 bits per heavy atom. The molecule has 3 aromatic rings. The number of carbonyl (C=O) groups excluding carboxylic acids is 1. The van der Waals surface area contributed by atoms with Crippen molar-refractivity contribution in [1.82, 2.24) is 0 Å². The van der Waals surface area contributed by atoms with Crippen LogP contribution in [0.15, 0.2) is 72.8 Å². The standard InChI is InChI=1S/C23H14O/c24-15-7-14-23-19-11-4-1-8-16(19)22(17-9-2-5-12-20(17)23)18-10-3-6-13-21(18)23/h1-6,8-13,15,22H. The molecule has 0 radical (unpaired) electrons. The van der Waals surface area contributed by atoms with Gasteiger partial charge >= 0.3 is 0 Å². The van der Waals surface area contributed by atoms with E-state index < -0.39 is 5.41 Å². The Labute approximate surface area is 141 Å². The van der Waals surface area contributed by atoms with Crippen LogP contribution in [0, 0.1) is 11.8 Å². The molecule has 0 aromatic heterocycles. The highest BCUT2D eigenvalue weighted by molar-refractivity contribution is 5.80. The monoisotopic (exact) mass is 306 g/mol. The highest BCUT2D eigenvalue weighted by Crippen LogP contribution is 2.58. The van der Waals surface area contributed by atoms with Crippen LogP contribution < -0.4 is 0 Å². The number of aldehydes is 1. The van der Waals surface area contributed by atoms with Crippen LogP contribution in [0.4, 0.5) is 0 Å². The van der Waals surface area contributed by atoms with Crippen molar-refractivity contribution in [2.75, 3.05) is 0 Å². The molecule has 0 saturated carbocycles. The molecule has 112 valence electrons. The van der Waals surface area contributed by atoms with Crippen molar-refractivity contribution in [3.05, 3.63) is 106 Å². The molecule has 0 heterocycles. The van der Waals surface area contributed by atoms with E-state index in [1.165, 1.54) is 33.4 Å². The first kappa shape index (κ1) is 13.3. The molecule has 3 aromatic carbocycles. The molecule has 0 atom stereocenters. The maximum Gasteiger partial charge on any atom is 0.192 e. The lowest BCUT2D eigenvalue weighted by Crippen LogP contribution is -2.41. The average Bonchev–Trinajstić information content (AvgIpc) is 2.66. The van der Waals surface area contributed by atoms with Gasteiger partial charge in [0.15, 0.2) is 6.29 Å². The van der Waals surface area contributed by atoms with E-state index in [0.29, 0.717) is 6.29 Å². The summed E-state index contributed by atoms with van der Waals surface area (Å²) in [5, 5.41) is 0. The van der Waals surface area contributed by atoms with Crippen LogP contribution in [0.25, 0.3) is 0 Å². The molecule has 0 spiro atoms. The molecule has 0 saturated heterocycles. The van der Waals surface area contributed by atoms with Crippen molar-refractivity contribution in [2.45, 2.75) is 11.3 Å². The van der Waals surface area contributed by atoms with Gasteiger partial charge in [0.2, 0.25) is 0 Å². The quantitative estimate of drug-likeness (QED) is 0.453. The summed E-state index contributed by atoms with van der Waals surface area (Å²) < 4.78 is 0. The first-order valence-electron chi connectivity index (χ1n) is 8.12. The Morgan fingerprint density at radius 2 is 1.12 bits per heavy atom. The largest absolute Gasteiger partial charge is 0.289 e. The van der Waals surface area contributed by atoms with Crippen molar-refractivity contribution in [3.8, 4) is 11.8 Å². The molecule has 0 amide bonds. The van der Waals surface area contributed by atoms with Gasteiger partial charge in [0, 0.05) is 5.92 Å². The normalized spacial score (nSPS) is 21.8. The minimum absolute atomic E-state index is 0.244. The molecule has 0 aliphatic heterocycles. The molecule has 0 fully saturated rings. The van der Waals surface area contributed by atoms with E-state index in [1.54, 1.807) is 0 Å². The summed E-state index contributed by atoms with van der Waals surface area (Å²) in [6, 6.07) is 25.5. The third-order valence-corrected chi connectivity index (χ3v) is 5.35. The lowest BCUT2D eigenvalue weighted by molar-refractivity contribution is -0.103. The third-order valence-electron chi connectivity index (χ3n) is 5.35. The van der Waals surface area contributed by atoms with Gasteiger partial charge in [-0.2, -0.15) is 0 Å². The topological polar surface area (TPSA) is 17.1 Å². The van der Waals surface area contributed by atoms with Gasteiger partial charge in [-0.05, 0) is 39.3 Å². The van der Waals surface area contributed by atoms with Gasteiger partial charge in [-0.15, -0.1) is 0 Å². The second-order valence-electron chi connectivity index (χ2n) is 6.33. The molecular weight excluding hydrogens is 292 g/mol. The number of benzene rings is 3. The highest BCUT2D eigenvalue weighted by atomic mass is 16.1. The Morgan fingerprint density at radius 3 is 1.54 bits per heavy atom. The summed E-state index contributed by atoms with van der Waals surface area (Å²) in [5.74, 6) is 6.29. The predicted molar refractivity (Wildman–Crippen MR) is 94.0 cm³/mol. The SMILES string of the molecule is O=CC#CC12c3ccccc3C(c3ccccc31)c1ccccc12. The zero-order valence-electron chi connectivity index (χ0n) is 13.0. The van der Waals surface area contributed by atoms with Crippen molar-refractivity contribution < 1.29 is 4.79 Å². The summed E-state index contributed by atoms with van der Waals surface area (Å²) in [7, 11) is 0. The molecule has 1 nitrogen and oxygen atoms in total. The van der Waals surface area contributed by atoms with Gasteiger partial charge in [-0.3, -0.25) is 4.79 Å². The zero-order chi connectivity index (χ0) is 16.1. The van der Waals surface area contributed by atoms with Crippen molar-refractivity contribution >= 4 is 6.29 Å². The van der Waals surface area contributed by atoms with Crippen LogP contribution in [-0.2, 0) is 10.2 Å². The second-order valence-corrected chi connectivity index (χ2v) is 6.33. The van der Waals surface area contributed by atoms with E-state index in [2.05, 4.69) is 84.6 Å². The molecule has 3 aliphatic carbocycles. The second kappa shape index (κ2) is 4.69. The Kier molecular flexibility index (Phi) is 2.61. The predicted octanol–water partition coefficient (Wildman–Crippen LogP) is 4.03. The maximum absolute atomic E-state index is 11.1. The van der Waals surface area contributed by atoms with Gasteiger partial charge < -0.3 is 0 Å². The van der Waals surface area contributed by atoms with Crippen LogP contribution in [-0.4, -0.2) is 6.29 Å². The zero-order valence-corrected chi connectivity index (χ0v) is 13.0. The van der Waals surface area contributed by atoms with Crippen LogP contribution in [0.2, 0.25) is 0 Å². The van der Waals surface area contributed by atoms with E-state index in [-0.39, 0.29) is 5.92 Å². The van der Waals surface area contributed by atoms with E-state index in [4.69, 9.17) is 0 Å². The van der Waals surface area contributed by atoms with Gasteiger partial charge in [0.05, 0.1) is 0 Å². The van der Waals surface area contributed by atoms with Crippen LogP contribution in [0.3, 0.4) is 0 Å². The molecule has 0 unspecified atom stereocenters. The highest BCUT2D eigenvalue weighted by Gasteiger charge is 2.50. The van der Waals surface area contributed by atoms with Gasteiger partial charge in [-0.1, -0.05) is 78.7 Å². The van der Waals surface area contributed by atoms with Crippen molar-refractivity contribution in [1.29, 1.82) is 0 Å². The Balaban J connectivity index is 2.02. The smallest absolute Gasteiger partial charge is 0.192 e. The van der Waals surface area contributed by atoms with E-state index in [0.717, 1.165) is 0 Å². The first-order valence-corrected chi connectivity index (χ1v) is 8.12. The molecular formula is C23H14O. The summed E-state index contributed by atoms with van der Waals surface area (Å²) in [6.45, 7) is 0. The number of rotatable bonds is 0. The summed E-state index contributed by atoms with van der Waals surface area (Å²) in [5.41, 5.74) is 6.98. The fourth-order valence-electron chi connectivity index (χ4n) is 4.55. The molecule has 24 heavy (non-hydrogen) atoms. The first-order chi connectivity index (χ1) is 11.9. The minimum atomic E-state index is -0.556. The number of carbonyl (C=O) groups is 1.